The maximum absolute atomic E-state index is 12.8. The molecule has 0 radical (unpaired) electrons. The van der Waals surface area contributed by atoms with E-state index in [1.807, 2.05) is 0 Å². The lowest BCUT2D eigenvalue weighted by molar-refractivity contribution is -0.122. The van der Waals surface area contributed by atoms with Crippen molar-refractivity contribution in [2.75, 3.05) is 11.5 Å². The Balaban J connectivity index is 1.94. The number of ether oxygens (including phenoxy) is 1. The summed E-state index contributed by atoms with van der Waals surface area (Å²) in [5.74, 6) is -0.854. The smallest absolute Gasteiger partial charge is 0.335 e. The molecule has 3 rings (SSSR count). The summed E-state index contributed by atoms with van der Waals surface area (Å²) in [6.45, 7) is 3.92. The normalized spacial score (nSPS) is 15.7. The van der Waals surface area contributed by atoms with Crippen molar-refractivity contribution < 1.29 is 19.1 Å². The Morgan fingerprint density at radius 2 is 1.85 bits per heavy atom. The van der Waals surface area contributed by atoms with Gasteiger partial charge in [0, 0.05) is 4.47 Å². The van der Waals surface area contributed by atoms with Crippen LogP contribution in [0.25, 0.3) is 6.08 Å². The fourth-order valence-electron chi connectivity index (χ4n) is 2.50. The van der Waals surface area contributed by atoms with Crippen molar-refractivity contribution in [1.82, 2.24) is 5.32 Å². The molecule has 0 atom stereocenters. The fraction of sp³-hybridized carbons (Fsp3) is 0.0500. The number of anilines is 1. The first-order chi connectivity index (χ1) is 13.0. The summed E-state index contributed by atoms with van der Waals surface area (Å²) >= 11 is 3.30. The molecule has 0 bridgehead atoms. The average Bonchev–Trinajstić information content (AvgIpc) is 2.65. The quantitative estimate of drug-likeness (QED) is 0.449. The highest BCUT2D eigenvalue weighted by Crippen LogP contribution is 2.24. The van der Waals surface area contributed by atoms with Crippen LogP contribution in [0.2, 0.25) is 0 Å². The lowest BCUT2D eigenvalue weighted by Gasteiger charge is -2.26. The van der Waals surface area contributed by atoms with Gasteiger partial charge in [-0.05, 0) is 48.0 Å². The van der Waals surface area contributed by atoms with Gasteiger partial charge in [0.1, 0.15) is 17.9 Å². The zero-order valence-electron chi connectivity index (χ0n) is 14.1. The molecule has 1 aliphatic heterocycles. The summed E-state index contributed by atoms with van der Waals surface area (Å²) in [5.41, 5.74) is 0.820. The summed E-state index contributed by atoms with van der Waals surface area (Å²) in [4.78, 5) is 38.1. The summed E-state index contributed by atoms with van der Waals surface area (Å²) in [5, 5.41) is 2.19. The number of rotatable bonds is 5. The molecule has 2 aromatic rings. The van der Waals surface area contributed by atoms with Gasteiger partial charge in [-0.2, -0.15) is 0 Å². The molecule has 1 aliphatic rings. The van der Waals surface area contributed by atoms with E-state index in [0.717, 1.165) is 9.37 Å². The van der Waals surface area contributed by atoms with Crippen LogP contribution in [-0.4, -0.2) is 24.5 Å². The van der Waals surface area contributed by atoms with E-state index in [-0.39, 0.29) is 5.57 Å². The summed E-state index contributed by atoms with van der Waals surface area (Å²) in [6.07, 6.45) is 3.04. The highest BCUT2D eigenvalue weighted by molar-refractivity contribution is 9.10. The number of hydrogen-bond acceptors (Lipinski definition) is 4. The van der Waals surface area contributed by atoms with Crippen molar-refractivity contribution in [2.45, 2.75) is 0 Å². The van der Waals surface area contributed by atoms with Gasteiger partial charge >= 0.3 is 6.03 Å². The van der Waals surface area contributed by atoms with E-state index in [2.05, 4.69) is 27.8 Å². The topological polar surface area (TPSA) is 75.7 Å². The first kappa shape index (κ1) is 18.6. The van der Waals surface area contributed by atoms with Crippen molar-refractivity contribution in [1.29, 1.82) is 0 Å². The van der Waals surface area contributed by atoms with Gasteiger partial charge in [-0.25, -0.2) is 9.69 Å². The molecule has 1 N–H and O–H groups in total. The second-order valence-corrected chi connectivity index (χ2v) is 6.52. The molecule has 1 fully saturated rings. The second kappa shape index (κ2) is 8.01. The predicted octanol–water partition coefficient (Wildman–Crippen LogP) is 3.68. The lowest BCUT2D eigenvalue weighted by Crippen LogP contribution is -2.54. The lowest BCUT2D eigenvalue weighted by atomic mass is 10.1. The molecule has 6 nitrogen and oxygen atoms in total. The van der Waals surface area contributed by atoms with Crippen molar-refractivity contribution in [3.8, 4) is 5.75 Å². The number of hydrogen-bond donors (Lipinski definition) is 1. The molecule has 0 unspecified atom stereocenters. The largest absolute Gasteiger partial charge is 0.490 e. The van der Waals surface area contributed by atoms with E-state index in [4.69, 9.17) is 4.74 Å². The maximum Gasteiger partial charge on any atom is 0.335 e. The van der Waals surface area contributed by atoms with Crippen LogP contribution in [0.3, 0.4) is 0 Å². The Morgan fingerprint density at radius 3 is 2.56 bits per heavy atom. The van der Waals surface area contributed by atoms with E-state index in [1.165, 1.54) is 6.08 Å². The van der Waals surface area contributed by atoms with Gasteiger partial charge < -0.3 is 4.74 Å². The molecule has 0 spiro atoms. The molecule has 0 saturated carbocycles. The number of carbonyl (C=O) groups excluding carboxylic acids is 3. The van der Waals surface area contributed by atoms with Gasteiger partial charge in [0.25, 0.3) is 11.8 Å². The van der Waals surface area contributed by atoms with Crippen molar-refractivity contribution in [3.63, 3.8) is 0 Å². The van der Waals surface area contributed by atoms with Crippen molar-refractivity contribution >= 4 is 45.5 Å². The Hall–Kier alpha value is -3.19. The predicted molar refractivity (Wildman–Crippen MR) is 105 cm³/mol. The van der Waals surface area contributed by atoms with Gasteiger partial charge in [0.15, 0.2) is 0 Å². The fourth-order valence-corrected chi connectivity index (χ4v) is 2.76. The number of amides is 4. The van der Waals surface area contributed by atoms with Gasteiger partial charge in [-0.3, -0.25) is 14.9 Å². The number of benzene rings is 2. The third-order valence-electron chi connectivity index (χ3n) is 3.72. The van der Waals surface area contributed by atoms with Crippen LogP contribution in [0.15, 0.2) is 71.2 Å². The minimum atomic E-state index is -0.785. The summed E-state index contributed by atoms with van der Waals surface area (Å²) < 4.78 is 6.26. The van der Waals surface area contributed by atoms with Gasteiger partial charge in [-0.15, -0.1) is 0 Å². The summed E-state index contributed by atoms with van der Waals surface area (Å²) in [7, 11) is 0. The Labute approximate surface area is 164 Å². The minimum Gasteiger partial charge on any atom is -0.490 e. The molecule has 4 amide bonds. The molecule has 7 heteroatoms. The van der Waals surface area contributed by atoms with Crippen molar-refractivity contribution in [2.24, 2.45) is 0 Å². The molecular weight excluding hydrogens is 412 g/mol. The molecule has 2 aromatic carbocycles. The Kier molecular flexibility index (Phi) is 5.52. The third kappa shape index (κ3) is 4.15. The minimum absolute atomic E-state index is 0.140. The van der Waals surface area contributed by atoms with Crippen LogP contribution in [0.4, 0.5) is 10.5 Å². The monoisotopic (exact) mass is 426 g/mol. The first-order valence-corrected chi connectivity index (χ1v) is 8.79. The highest BCUT2D eigenvalue weighted by Gasteiger charge is 2.36. The van der Waals surface area contributed by atoms with Gasteiger partial charge in [0.05, 0.1) is 5.69 Å². The van der Waals surface area contributed by atoms with Crippen LogP contribution in [-0.2, 0) is 9.59 Å². The molecule has 27 heavy (non-hydrogen) atoms. The number of carbonyl (C=O) groups is 3. The molecule has 1 saturated heterocycles. The number of nitrogens with zero attached hydrogens (tertiary/aromatic N) is 1. The van der Waals surface area contributed by atoms with Crippen LogP contribution in [0.1, 0.15) is 5.56 Å². The SMILES string of the molecule is C=CCOc1cccc(/C=C2/C(=O)NC(=O)N(c3ccc(Br)cc3)C2=O)c1. The van der Waals surface area contributed by atoms with Crippen LogP contribution >= 0.6 is 15.9 Å². The second-order valence-electron chi connectivity index (χ2n) is 5.61. The Morgan fingerprint density at radius 1 is 1.11 bits per heavy atom. The van der Waals surface area contributed by atoms with Crippen LogP contribution in [0.5, 0.6) is 5.75 Å². The number of barbiturate groups is 1. The molecule has 136 valence electrons. The van der Waals surface area contributed by atoms with E-state index in [1.54, 1.807) is 54.6 Å². The highest BCUT2D eigenvalue weighted by atomic mass is 79.9. The number of imide groups is 2. The van der Waals surface area contributed by atoms with E-state index < -0.39 is 17.8 Å². The molecule has 1 heterocycles. The van der Waals surface area contributed by atoms with Gasteiger partial charge in [0.2, 0.25) is 0 Å². The third-order valence-corrected chi connectivity index (χ3v) is 4.25. The number of urea groups is 1. The average molecular weight is 427 g/mol. The van der Waals surface area contributed by atoms with Gasteiger partial charge in [-0.1, -0.05) is 40.7 Å². The van der Waals surface area contributed by atoms with Crippen LogP contribution in [0, 0.1) is 0 Å². The first-order valence-electron chi connectivity index (χ1n) is 8.00. The number of halogens is 1. The summed E-state index contributed by atoms with van der Waals surface area (Å²) in [6, 6.07) is 12.8. The van der Waals surface area contributed by atoms with Crippen LogP contribution < -0.4 is 15.0 Å². The Bertz CT molecular complexity index is 951. The standard InChI is InChI=1S/C20H15BrN2O4/c1-2-10-27-16-5-3-4-13(11-16)12-17-18(24)22-20(26)23(19(17)25)15-8-6-14(21)7-9-15/h2-9,11-12H,1,10H2,(H,22,24,26)/b17-12-. The maximum atomic E-state index is 12.8. The molecular formula is C20H15BrN2O4. The molecule has 0 aliphatic carbocycles. The van der Waals surface area contributed by atoms with Crippen molar-refractivity contribution in [3.05, 3.63) is 76.8 Å². The zero-order valence-corrected chi connectivity index (χ0v) is 15.7. The molecule has 0 aromatic heterocycles. The number of nitrogens with one attached hydrogen (secondary N) is 1. The van der Waals surface area contributed by atoms with E-state index in [9.17, 15) is 14.4 Å². The zero-order chi connectivity index (χ0) is 19.4. The van der Waals surface area contributed by atoms with E-state index in [0.29, 0.717) is 23.6 Å². The van der Waals surface area contributed by atoms with E-state index >= 15 is 0 Å².